The van der Waals surface area contributed by atoms with Crippen LogP contribution in [0.3, 0.4) is 0 Å². The van der Waals surface area contributed by atoms with Crippen LogP contribution in [0.25, 0.3) is 0 Å². The number of benzene rings is 1. The predicted molar refractivity (Wildman–Crippen MR) is 79.6 cm³/mol. The molecule has 1 aromatic carbocycles. The molecule has 1 aliphatic rings. The van der Waals surface area contributed by atoms with Gasteiger partial charge < -0.3 is 0 Å². The van der Waals surface area contributed by atoms with E-state index in [0.717, 1.165) is 23.7 Å². The fraction of sp³-hybridized carbons (Fsp3) is 0.667. The minimum absolute atomic E-state index is 0.452. The Morgan fingerprint density at radius 2 is 1.33 bits per heavy atom. The number of hydrogen-bond acceptors (Lipinski definition) is 0. The van der Waals surface area contributed by atoms with E-state index in [4.69, 9.17) is 0 Å². The summed E-state index contributed by atoms with van der Waals surface area (Å²) in [5.74, 6) is 3.30. The van der Waals surface area contributed by atoms with Crippen LogP contribution in [0.4, 0.5) is 0 Å². The molecule has 1 fully saturated rings. The first-order chi connectivity index (χ1) is 8.36. The first-order valence-electron chi connectivity index (χ1n) is 7.42. The van der Waals surface area contributed by atoms with Gasteiger partial charge in [-0.15, -0.1) is 0 Å². The van der Waals surface area contributed by atoms with Gasteiger partial charge in [-0.2, -0.15) is 0 Å². The molecule has 0 saturated heterocycles. The zero-order valence-electron chi connectivity index (χ0n) is 12.8. The van der Waals surface area contributed by atoms with E-state index in [0.29, 0.717) is 5.41 Å². The lowest BCUT2D eigenvalue weighted by Crippen LogP contribution is -2.30. The monoisotopic (exact) mass is 244 g/mol. The molecule has 0 spiro atoms. The quantitative estimate of drug-likeness (QED) is 0.679. The molecule has 2 rings (SSSR count). The Morgan fingerprint density at radius 3 is 1.78 bits per heavy atom. The summed E-state index contributed by atoms with van der Waals surface area (Å²) in [6.07, 6.45) is 1.23. The van der Waals surface area contributed by atoms with Gasteiger partial charge in [0.1, 0.15) is 0 Å². The summed E-state index contributed by atoms with van der Waals surface area (Å²) in [7, 11) is 0. The summed E-state index contributed by atoms with van der Waals surface area (Å²) in [5.41, 5.74) is 3.31. The van der Waals surface area contributed by atoms with Crippen LogP contribution < -0.4 is 0 Å². The van der Waals surface area contributed by atoms with Crippen LogP contribution in [-0.2, 0) is 6.42 Å². The second kappa shape index (κ2) is 4.72. The van der Waals surface area contributed by atoms with E-state index in [-0.39, 0.29) is 0 Å². The third-order valence-electron chi connectivity index (χ3n) is 6.19. The average molecular weight is 244 g/mol. The molecule has 0 amide bonds. The van der Waals surface area contributed by atoms with Gasteiger partial charge in [0.15, 0.2) is 0 Å². The van der Waals surface area contributed by atoms with Gasteiger partial charge in [-0.3, -0.25) is 0 Å². The van der Waals surface area contributed by atoms with Gasteiger partial charge in [-0.05, 0) is 48.0 Å². The SMILES string of the molecule is Cc1ccc(CC2(C)C(C)C(C)C(C)C2C)cc1. The minimum atomic E-state index is 0.452. The van der Waals surface area contributed by atoms with E-state index in [9.17, 15) is 0 Å². The third-order valence-corrected chi connectivity index (χ3v) is 6.19. The molecule has 0 nitrogen and oxygen atoms in total. The maximum Gasteiger partial charge on any atom is -0.0219 e. The Hall–Kier alpha value is -0.780. The van der Waals surface area contributed by atoms with Crippen molar-refractivity contribution >= 4 is 0 Å². The highest BCUT2D eigenvalue weighted by Gasteiger charge is 2.49. The average Bonchev–Trinajstić information content (AvgIpc) is 2.49. The Balaban J connectivity index is 2.24. The van der Waals surface area contributed by atoms with E-state index < -0.39 is 0 Å². The number of aryl methyl sites for hydroxylation is 1. The van der Waals surface area contributed by atoms with Crippen molar-refractivity contribution in [1.82, 2.24) is 0 Å². The van der Waals surface area contributed by atoms with Gasteiger partial charge >= 0.3 is 0 Å². The summed E-state index contributed by atoms with van der Waals surface area (Å²) in [4.78, 5) is 0. The van der Waals surface area contributed by atoms with Crippen LogP contribution in [0, 0.1) is 36.0 Å². The van der Waals surface area contributed by atoms with Gasteiger partial charge in [-0.1, -0.05) is 64.4 Å². The van der Waals surface area contributed by atoms with Gasteiger partial charge in [0.05, 0.1) is 0 Å². The molecule has 0 aliphatic heterocycles. The normalized spacial score (nSPS) is 40.1. The standard InChI is InChI=1S/C18H28/c1-12-7-9-17(10-8-12)11-18(6)15(4)13(2)14(3)16(18)5/h7-10,13-16H,11H2,1-6H3. The highest BCUT2D eigenvalue weighted by Crippen LogP contribution is 2.55. The summed E-state index contributed by atoms with van der Waals surface area (Å²) in [6.45, 7) is 14.5. The van der Waals surface area contributed by atoms with Crippen LogP contribution in [0.1, 0.15) is 45.7 Å². The molecule has 0 bridgehead atoms. The summed E-state index contributed by atoms with van der Waals surface area (Å²) >= 11 is 0. The van der Waals surface area contributed by atoms with Crippen molar-refractivity contribution in [2.24, 2.45) is 29.1 Å². The van der Waals surface area contributed by atoms with E-state index >= 15 is 0 Å². The lowest BCUT2D eigenvalue weighted by molar-refractivity contribution is 0.163. The van der Waals surface area contributed by atoms with E-state index in [2.05, 4.69) is 65.8 Å². The van der Waals surface area contributed by atoms with Crippen molar-refractivity contribution in [3.8, 4) is 0 Å². The highest BCUT2D eigenvalue weighted by molar-refractivity contribution is 5.23. The summed E-state index contributed by atoms with van der Waals surface area (Å²) < 4.78 is 0. The number of rotatable bonds is 2. The number of hydrogen-bond donors (Lipinski definition) is 0. The van der Waals surface area contributed by atoms with Crippen molar-refractivity contribution in [1.29, 1.82) is 0 Å². The van der Waals surface area contributed by atoms with Gasteiger partial charge in [0.2, 0.25) is 0 Å². The first kappa shape index (κ1) is 13.6. The fourth-order valence-corrected chi connectivity index (χ4v) is 3.99. The zero-order valence-corrected chi connectivity index (χ0v) is 12.8. The van der Waals surface area contributed by atoms with E-state index in [1.165, 1.54) is 17.5 Å². The van der Waals surface area contributed by atoms with Gasteiger partial charge in [-0.25, -0.2) is 0 Å². The smallest absolute Gasteiger partial charge is 0.0219 e. The Kier molecular flexibility index (Phi) is 3.58. The summed E-state index contributed by atoms with van der Waals surface area (Å²) in [5, 5.41) is 0. The van der Waals surface area contributed by atoms with Crippen LogP contribution in [0.15, 0.2) is 24.3 Å². The first-order valence-corrected chi connectivity index (χ1v) is 7.42. The molecular weight excluding hydrogens is 216 g/mol. The molecule has 18 heavy (non-hydrogen) atoms. The van der Waals surface area contributed by atoms with E-state index in [1.807, 2.05) is 0 Å². The molecule has 1 saturated carbocycles. The predicted octanol–water partition coefficient (Wildman–Crippen LogP) is 5.10. The molecule has 1 aliphatic carbocycles. The molecule has 0 N–H and O–H groups in total. The lowest BCUT2D eigenvalue weighted by Gasteiger charge is -2.35. The molecule has 0 heteroatoms. The van der Waals surface area contributed by atoms with Crippen LogP contribution >= 0.6 is 0 Å². The zero-order chi connectivity index (χ0) is 13.5. The molecule has 4 unspecified atom stereocenters. The second-order valence-electron chi connectivity index (χ2n) is 6.96. The molecule has 100 valence electrons. The molecular formula is C18H28. The second-order valence-corrected chi connectivity index (χ2v) is 6.96. The molecule has 1 aromatic rings. The molecule has 0 heterocycles. The Morgan fingerprint density at radius 1 is 0.889 bits per heavy atom. The van der Waals surface area contributed by atoms with Crippen molar-refractivity contribution in [3.63, 3.8) is 0 Å². The highest BCUT2D eigenvalue weighted by atomic mass is 14.5. The maximum absolute atomic E-state index is 2.50. The topological polar surface area (TPSA) is 0 Å². The minimum Gasteiger partial charge on any atom is -0.0620 e. The lowest BCUT2D eigenvalue weighted by atomic mass is 9.69. The van der Waals surface area contributed by atoms with Gasteiger partial charge in [0, 0.05) is 0 Å². The molecule has 0 aromatic heterocycles. The van der Waals surface area contributed by atoms with Crippen LogP contribution in [0.2, 0.25) is 0 Å². The molecule has 0 radical (unpaired) electrons. The molecule has 4 atom stereocenters. The largest absolute Gasteiger partial charge is 0.0620 e. The van der Waals surface area contributed by atoms with Crippen molar-refractivity contribution in [2.45, 2.75) is 48.0 Å². The Labute approximate surface area is 113 Å². The fourth-order valence-electron chi connectivity index (χ4n) is 3.99. The Bertz CT molecular complexity index is 387. The summed E-state index contributed by atoms with van der Waals surface area (Å²) in [6, 6.07) is 9.12. The van der Waals surface area contributed by atoms with E-state index in [1.54, 1.807) is 0 Å². The third kappa shape index (κ3) is 2.11. The van der Waals surface area contributed by atoms with Crippen molar-refractivity contribution in [3.05, 3.63) is 35.4 Å². The van der Waals surface area contributed by atoms with Crippen molar-refractivity contribution < 1.29 is 0 Å². The van der Waals surface area contributed by atoms with Crippen LogP contribution in [-0.4, -0.2) is 0 Å². The van der Waals surface area contributed by atoms with Crippen molar-refractivity contribution in [2.75, 3.05) is 0 Å². The van der Waals surface area contributed by atoms with Crippen LogP contribution in [0.5, 0.6) is 0 Å². The van der Waals surface area contributed by atoms with Gasteiger partial charge in [0.25, 0.3) is 0 Å². The maximum atomic E-state index is 2.50.